The Kier molecular flexibility index (Phi) is 3.94. The number of methoxy groups -OCH3 is 1. The minimum atomic E-state index is -0.560. The number of aromatic amines is 1. The van der Waals surface area contributed by atoms with Gasteiger partial charge in [0.05, 0.1) is 13.3 Å². The van der Waals surface area contributed by atoms with Crippen LogP contribution in [0.15, 0.2) is 28.1 Å². The fourth-order valence-corrected chi connectivity index (χ4v) is 1.45. The lowest BCUT2D eigenvalue weighted by Gasteiger charge is -2.03. The van der Waals surface area contributed by atoms with Crippen LogP contribution >= 0.6 is 0 Å². The molecule has 0 saturated heterocycles. The Hall–Kier alpha value is -2.90. The summed E-state index contributed by atoms with van der Waals surface area (Å²) in [6, 6.07) is 4.84. The number of hydrogen-bond acceptors (Lipinski definition) is 7. The van der Waals surface area contributed by atoms with Crippen molar-refractivity contribution in [1.82, 2.24) is 15.2 Å². The second-order valence-corrected chi connectivity index (χ2v) is 3.88. The Morgan fingerprint density at radius 2 is 2.30 bits per heavy atom. The van der Waals surface area contributed by atoms with Crippen LogP contribution < -0.4 is 15.9 Å². The predicted octanol–water partition coefficient (Wildman–Crippen LogP) is 0.634. The molecule has 0 aliphatic heterocycles. The van der Waals surface area contributed by atoms with Crippen molar-refractivity contribution in [2.45, 2.75) is 6.92 Å². The summed E-state index contributed by atoms with van der Waals surface area (Å²) in [6.45, 7) is 1.68. The topological polar surface area (TPSA) is 112 Å². The average molecular weight is 275 g/mol. The van der Waals surface area contributed by atoms with Crippen LogP contribution in [0.2, 0.25) is 0 Å². The summed E-state index contributed by atoms with van der Waals surface area (Å²) < 4.78 is 4.94. The van der Waals surface area contributed by atoms with E-state index in [4.69, 9.17) is 4.74 Å². The van der Waals surface area contributed by atoms with Gasteiger partial charge in [-0.2, -0.15) is 15.2 Å². The summed E-state index contributed by atoms with van der Waals surface area (Å²) in [5.41, 5.74) is 3.23. The lowest BCUT2D eigenvalue weighted by atomic mass is 10.2. The van der Waals surface area contributed by atoms with Crippen LogP contribution in [-0.2, 0) is 0 Å². The first-order valence-electron chi connectivity index (χ1n) is 5.69. The van der Waals surface area contributed by atoms with E-state index in [-0.39, 0.29) is 11.6 Å². The molecule has 8 nitrogen and oxygen atoms in total. The zero-order valence-electron chi connectivity index (χ0n) is 10.9. The maximum absolute atomic E-state index is 11.0. The first-order chi connectivity index (χ1) is 9.60. The van der Waals surface area contributed by atoms with Crippen molar-refractivity contribution in [2.24, 2.45) is 5.10 Å². The minimum Gasteiger partial charge on any atom is -0.504 e. The third-order valence-corrected chi connectivity index (χ3v) is 2.46. The molecule has 3 N–H and O–H groups in total. The Labute approximate surface area is 114 Å². The number of aromatic hydroxyl groups is 1. The third kappa shape index (κ3) is 3.10. The molecule has 2 rings (SSSR count). The SMILES string of the molecule is COc1ccc(/C=N\Nc2nc(=O)[nH]nc2C)cc1O. The monoisotopic (exact) mass is 275 g/mol. The number of nitrogens with one attached hydrogen (secondary N) is 2. The summed E-state index contributed by atoms with van der Waals surface area (Å²) in [7, 11) is 1.47. The van der Waals surface area contributed by atoms with Crippen molar-refractivity contribution in [3.8, 4) is 11.5 Å². The molecule has 1 aromatic heterocycles. The molecule has 0 spiro atoms. The van der Waals surface area contributed by atoms with Gasteiger partial charge in [0.25, 0.3) is 0 Å². The molecule has 0 saturated carbocycles. The van der Waals surface area contributed by atoms with E-state index in [1.807, 2.05) is 0 Å². The van der Waals surface area contributed by atoms with Crippen LogP contribution in [0.3, 0.4) is 0 Å². The average Bonchev–Trinajstić information content (AvgIpc) is 2.43. The molecule has 1 heterocycles. The number of phenolic OH excluding ortho intramolecular Hbond substituents is 1. The molecule has 0 atom stereocenters. The Balaban J connectivity index is 2.12. The highest BCUT2D eigenvalue weighted by Crippen LogP contribution is 2.25. The summed E-state index contributed by atoms with van der Waals surface area (Å²) in [5, 5.41) is 19.5. The molecule has 2 aromatic rings. The van der Waals surface area contributed by atoms with Gasteiger partial charge in [0.1, 0.15) is 5.69 Å². The number of ether oxygens (including phenoxy) is 1. The molecule has 20 heavy (non-hydrogen) atoms. The van der Waals surface area contributed by atoms with Crippen LogP contribution in [0.4, 0.5) is 5.82 Å². The maximum Gasteiger partial charge on any atom is 0.363 e. The molecule has 0 amide bonds. The first kappa shape index (κ1) is 13.5. The van der Waals surface area contributed by atoms with Crippen LogP contribution in [0, 0.1) is 6.92 Å². The molecule has 0 unspecified atom stereocenters. The maximum atomic E-state index is 11.0. The Morgan fingerprint density at radius 1 is 1.50 bits per heavy atom. The van der Waals surface area contributed by atoms with Gasteiger partial charge in [0.15, 0.2) is 17.3 Å². The molecule has 0 radical (unpaired) electrons. The van der Waals surface area contributed by atoms with E-state index in [9.17, 15) is 9.90 Å². The molecule has 8 heteroatoms. The molecule has 0 aliphatic rings. The van der Waals surface area contributed by atoms with Crippen molar-refractivity contribution in [3.63, 3.8) is 0 Å². The van der Waals surface area contributed by atoms with E-state index < -0.39 is 5.69 Å². The Morgan fingerprint density at radius 3 is 3.00 bits per heavy atom. The van der Waals surface area contributed by atoms with Gasteiger partial charge in [-0.15, -0.1) is 0 Å². The number of H-pyrrole nitrogens is 1. The molecule has 0 bridgehead atoms. The van der Waals surface area contributed by atoms with Gasteiger partial charge in [0, 0.05) is 0 Å². The van der Waals surface area contributed by atoms with E-state index in [1.165, 1.54) is 19.4 Å². The number of rotatable bonds is 4. The van der Waals surface area contributed by atoms with Gasteiger partial charge < -0.3 is 9.84 Å². The highest BCUT2D eigenvalue weighted by molar-refractivity contribution is 5.81. The number of aromatic nitrogens is 3. The summed E-state index contributed by atoms with van der Waals surface area (Å²) >= 11 is 0. The van der Waals surface area contributed by atoms with Gasteiger partial charge in [-0.25, -0.2) is 9.89 Å². The lowest BCUT2D eigenvalue weighted by molar-refractivity contribution is 0.373. The predicted molar refractivity (Wildman–Crippen MR) is 73.3 cm³/mol. The summed E-state index contributed by atoms with van der Waals surface area (Å²) in [6.07, 6.45) is 1.47. The first-order valence-corrected chi connectivity index (χ1v) is 5.69. The van der Waals surface area contributed by atoms with Gasteiger partial charge >= 0.3 is 5.69 Å². The molecule has 0 fully saturated rings. The van der Waals surface area contributed by atoms with Gasteiger partial charge in [-0.3, -0.25) is 5.43 Å². The fraction of sp³-hybridized carbons (Fsp3) is 0.167. The number of anilines is 1. The minimum absolute atomic E-state index is 0.0172. The third-order valence-electron chi connectivity index (χ3n) is 2.46. The van der Waals surface area contributed by atoms with E-state index in [0.717, 1.165) is 0 Å². The van der Waals surface area contributed by atoms with Crippen molar-refractivity contribution < 1.29 is 9.84 Å². The second kappa shape index (κ2) is 5.83. The molecular weight excluding hydrogens is 262 g/mol. The fourth-order valence-electron chi connectivity index (χ4n) is 1.45. The van der Waals surface area contributed by atoms with Crippen LogP contribution in [-0.4, -0.2) is 33.6 Å². The zero-order chi connectivity index (χ0) is 14.5. The molecule has 1 aromatic carbocycles. The number of aryl methyl sites for hydroxylation is 1. The van der Waals surface area contributed by atoms with Crippen molar-refractivity contribution in [3.05, 3.63) is 39.9 Å². The Bertz CT molecular complexity index is 696. The smallest absolute Gasteiger partial charge is 0.363 e. The second-order valence-electron chi connectivity index (χ2n) is 3.88. The van der Waals surface area contributed by atoms with E-state index in [2.05, 4.69) is 25.7 Å². The number of hydrazone groups is 1. The number of benzene rings is 1. The van der Waals surface area contributed by atoms with Crippen LogP contribution in [0.1, 0.15) is 11.3 Å². The van der Waals surface area contributed by atoms with Crippen LogP contribution in [0.25, 0.3) is 0 Å². The number of phenols is 1. The van der Waals surface area contributed by atoms with Crippen molar-refractivity contribution in [1.29, 1.82) is 0 Å². The normalized spacial score (nSPS) is 10.7. The van der Waals surface area contributed by atoms with E-state index >= 15 is 0 Å². The van der Waals surface area contributed by atoms with Crippen molar-refractivity contribution >= 4 is 12.0 Å². The number of hydrogen-bond donors (Lipinski definition) is 3. The van der Waals surface area contributed by atoms with Gasteiger partial charge in [-0.05, 0) is 30.7 Å². The largest absolute Gasteiger partial charge is 0.504 e. The highest BCUT2D eigenvalue weighted by atomic mass is 16.5. The molecular formula is C12H13N5O3. The van der Waals surface area contributed by atoms with Gasteiger partial charge in [0.2, 0.25) is 0 Å². The number of nitrogens with zero attached hydrogens (tertiary/aromatic N) is 3. The quantitative estimate of drug-likeness (QED) is 0.557. The summed E-state index contributed by atoms with van der Waals surface area (Å²) in [5.74, 6) is 0.665. The van der Waals surface area contributed by atoms with E-state index in [1.54, 1.807) is 19.1 Å². The van der Waals surface area contributed by atoms with Gasteiger partial charge in [-0.1, -0.05) is 0 Å². The summed E-state index contributed by atoms with van der Waals surface area (Å²) in [4.78, 5) is 14.7. The lowest BCUT2D eigenvalue weighted by Crippen LogP contribution is -2.15. The zero-order valence-corrected chi connectivity index (χ0v) is 10.9. The van der Waals surface area contributed by atoms with E-state index in [0.29, 0.717) is 17.0 Å². The molecule has 0 aliphatic carbocycles. The van der Waals surface area contributed by atoms with Crippen molar-refractivity contribution in [2.75, 3.05) is 12.5 Å². The van der Waals surface area contributed by atoms with Crippen LogP contribution in [0.5, 0.6) is 11.5 Å². The standard InChI is InChI=1S/C12H13N5O3/c1-7-11(14-12(19)17-15-7)16-13-6-8-3-4-10(20-2)9(18)5-8/h3-6,18H,1-2H3,(H2,14,16,17,19)/b13-6-. The highest BCUT2D eigenvalue weighted by Gasteiger charge is 2.02. The molecule has 104 valence electrons.